The number of nitrogens with one attached hydrogen (secondary N) is 1. The molecule has 0 heterocycles. The number of nitrogens with zero attached hydrogens (tertiary/aromatic N) is 1. The van der Waals surface area contributed by atoms with E-state index in [-0.39, 0.29) is 18.0 Å². The van der Waals surface area contributed by atoms with Gasteiger partial charge >= 0.3 is 12.0 Å². The fraction of sp³-hybridized carbons (Fsp3) is 0.818. The first-order valence-electron chi connectivity index (χ1n) is 5.35. The summed E-state index contributed by atoms with van der Waals surface area (Å²) in [6, 6.07) is -0.233. The van der Waals surface area contributed by atoms with E-state index in [1.54, 1.807) is 14.0 Å². The Balaban J connectivity index is 4.05. The van der Waals surface area contributed by atoms with E-state index < -0.39 is 11.9 Å². The summed E-state index contributed by atoms with van der Waals surface area (Å²) >= 11 is 0. The van der Waals surface area contributed by atoms with Gasteiger partial charge in [-0.3, -0.25) is 4.79 Å². The summed E-state index contributed by atoms with van der Waals surface area (Å²) in [5.74, 6) is -1.44. The molecule has 0 aliphatic heterocycles. The second kappa shape index (κ2) is 5.72. The highest BCUT2D eigenvalue weighted by atomic mass is 16.4. The van der Waals surface area contributed by atoms with Crippen LogP contribution in [0, 0.1) is 11.3 Å². The summed E-state index contributed by atoms with van der Waals surface area (Å²) in [4.78, 5) is 23.6. The molecule has 1 atom stereocenters. The smallest absolute Gasteiger partial charge is 0.317 e. The van der Waals surface area contributed by atoms with E-state index in [4.69, 9.17) is 5.11 Å². The summed E-state index contributed by atoms with van der Waals surface area (Å²) in [5, 5.41) is 11.5. The van der Waals surface area contributed by atoms with Gasteiger partial charge in [-0.2, -0.15) is 0 Å². The maximum atomic E-state index is 11.6. The molecule has 2 amide bonds. The number of rotatable bonds is 4. The maximum Gasteiger partial charge on any atom is 0.317 e. The minimum absolute atomic E-state index is 0.0227. The summed E-state index contributed by atoms with van der Waals surface area (Å²) in [5.41, 5.74) is 0.0227. The largest absolute Gasteiger partial charge is 0.481 e. The Morgan fingerprint density at radius 1 is 1.38 bits per heavy atom. The normalized spacial score (nSPS) is 13.1. The SMILES string of the molecule is CC(CN(C)C(=O)NCC(C)(C)C)C(=O)O. The molecule has 5 heteroatoms. The van der Waals surface area contributed by atoms with Crippen molar-refractivity contribution in [3.05, 3.63) is 0 Å². The lowest BCUT2D eigenvalue weighted by Crippen LogP contribution is -2.43. The average Bonchev–Trinajstić information content (AvgIpc) is 2.12. The lowest BCUT2D eigenvalue weighted by atomic mass is 9.97. The van der Waals surface area contributed by atoms with Crippen LogP contribution in [0.15, 0.2) is 0 Å². The molecule has 0 radical (unpaired) electrons. The molecule has 1 unspecified atom stereocenters. The van der Waals surface area contributed by atoms with E-state index in [0.717, 1.165) is 0 Å². The molecule has 0 saturated carbocycles. The molecule has 0 aliphatic rings. The van der Waals surface area contributed by atoms with Crippen molar-refractivity contribution in [3.8, 4) is 0 Å². The number of amides is 2. The second-order valence-electron chi connectivity index (χ2n) is 5.34. The summed E-state index contributed by atoms with van der Waals surface area (Å²) < 4.78 is 0. The van der Waals surface area contributed by atoms with Gasteiger partial charge in [-0.1, -0.05) is 27.7 Å². The molecule has 5 nitrogen and oxygen atoms in total. The molecule has 0 aromatic carbocycles. The quantitative estimate of drug-likeness (QED) is 0.767. The molecule has 0 aromatic rings. The zero-order valence-corrected chi connectivity index (χ0v) is 10.7. The summed E-state index contributed by atoms with van der Waals surface area (Å²) in [6.07, 6.45) is 0. The van der Waals surface area contributed by atoms with Crippen LogP contribution in [0.3, 0.4) is 0 Å². The second-order valence-corrected chi connectivity index (χ2v) is 5.34. The van der Waals surface area contributed by atoms with Gasteiger partial charge in [-0.25, -0.2) is 4.79 Å². The Morgan fingerprint density at radius 2 is 1.88 bits per heavy atom. The predicted octanol–water partition coefficient (Wildman–Crippen LogP) is 1.39. The van der Waals surface area contributed by atoms with E-state index in [1.807, 2.05) is 20.8 Å². The first-order valence-corrected chi connectivity index (χ1v) is 5.35. The van der Waals surface area contributed by atoms with Crippen LogP contribution in [-0.4, -0.2) is 42.1 Å². The Hall–Kier alpha value is -1.26. The van der Waals surface area contributed by atoms with Crippen LogP contribution in [0.1, 0.15) is 27.7 Å². The highest BCUT2D eigenvalue weighted by Gasteiger charge is 2.18. The third kappa shape index (κ3) is 6.27. The van der Waals surface area contributed by atoms with Crippen molar-refractivity contribution in [3.63, 3.8) is 0 Å². The zero-order valence-electron chi connectivity index (χ0n) is 10.7. The third-order valence-corrected chi connectivity index (χ3v) is 2.09. The van der Waals surface area contributed by atoms with Crippen LogP contribution >= 0.6 is 0 Å². The number of hydrogen-bond acceptors (Lipinski definition) is 2. The fourth-order valence-electron chi connectivity index (χ4n) is 1.05. The number of carboxylic acid groups (broad SMARTS) is 1. The number of carbonyl (C=O) groups is 2. The first kappa shape index (κ1) is 14.7. The van der Waals surface area contributed by atoms with E-state index in [0.29, 0.717) is 6.54 Å². The van der Waals surface area contributed by atoms with Gasteiger partial charge in [0.2, 0.25) is 0 Å². The molecule has 0 fully saturated rings. The highest BCUT2D eigenvalue weighted by molar-refractivity contribution is 5.75. The van der Waals surface area contributed by atoms with E-state index in [1.165, 1.54) is 4.90 Å². The number of urea groups is 1. The molecule has 0 rings (SSSR count). The van der Waals surface area contributed by atoms with Crippen molar-refractivity contribution in [2.24, 2.45) is 11.3 Å². The van der Waals surface area contributed by atoms with Gasteiger partial charge in [-0.15, -0.1) is 0 Å². The maximum absolute atomic E-state index is 11.6. The van der Waals surface area contributed by atoms with Crippen molar-refractivity contribution < 1.29 is 14.7 Å². The topological polar surface area (TPSA) is 69.6 Å². The number of hydrogen-bond donors (Lipinski definition) is 2. The Kier molecular flexibility index (Phi) is 5.27. The Morgan fingerprint density at radius 3 is 2.25 bits per heavy atom. The number of carboxylic acids is 1. The third-order valence-electron chi connectivity index (χ3n) is 2.09. The van der Waals surface area contributed by atoms with Crippen molar-refractivity contribution in [1.82, 2.24) is 10.2 Å². The Bertz CT molecular complexity index is 258. The molecular weight excluding hydrogens is 208 g/mol. The molecule has 0 bridgehead atoms. The fourth-order valence-corrected chi connectivity index (χ4v) is 1.05. The van der Waals surface area contributed by atoms with Crippen molar-refractivity contribution >= 4 is 12.0 Å². The average molecular weight is 230 g/mol. The Labute approximate surface area is 96.8 Å². The van der Waals surface area contributed by atoms with E-state index in [9.17, 15) is 9.59 Å². The highest BCUT2D eigenvalue weighted by Crippen LogP contribution is 2.10. The molecular formula is C11H22N2O3. The van der Waals surface area contributed by atoms with Gasteiger partial charge < -0.3 is 15.3 Å². The molecule has 0 aromatic heterocycles. The molecule has 0 aliphatic carbocycles. The van der Waals surface area contributed by atoms with E-state index >= 15 is 0 Å². The van der Waals surface area contributed by atoms with Crippen LogP contribution in [0.2, 0.25) is 0 Å². The summed E-state index contributed by atoms with van der Waals surface area (Å²) in [6.45, 7) is 8.42. The van der Waals surface area contributed by atoms with Crippen LogP contribution in [0.5, 0.6) is 0 Å². The van der Waals surface area contributed by atoms with Gasteiger partial charge in [0, 0.05) is 20.1 Å². The van der Waals surface area contributed by atoms with Gasteiger partial charge in [0.05, 0.1) is 5.92 Å². The monoisotopic (exact) mass is 230 g/mol. The van der Waals surface area contributed by atoms with Crippen LogP contribution < -0.4 is 5.32 Å². The van der Waals surface area contributed by atoms with Crippen molar-refractivity contribution in [2.75, 3.05) is 20.1 Å². The number of carbonyl (C=O) groups excluding carboxylic acids is 1. The minimum atomic E-state index is -0.893. The standard InChI is InChI=1S/C11H22N2O3/c1-8(9(14)15)6-13(5)10(16)12-7-11(2,3)4/h8H,6-7H2,1-5H3,(H,12,16)(H,14,15). The van der Waals surface area contributed by atoms with Crippen LogP contribution in [0.25, 0.3) is 0 Å². The van der Waals surface area contributed by atoms with Crippen LogP contribution in [0.4, 0.5) is 4.79 Å². The number of aliphatic carboxylic acids is 1. The van der Waals surface area contributed by atoms with Crippen molar-refractivity contribution in [1.29, 1.82) is 0 Å². The predicted molar refractivity (Wildman–Crippen MR) is 62.3 cm³/mol. The van der Waals surface area contributed by atoms with Crippen molar-refractivity contribution in [2.45, 2.75) is 27.7 Å². The lowest BCUT2D eigenvalue weighted by molar-refractivity contribution is -0.141. The molecule has 94 valence electrons. The molecule has 16 heavy (non-hydrogen) atoms. The van der Waals surface area contributed by atoms with E-state index in [2.05, 4.69) is 5.32 Å². The molecule has 2 N–H and O–H groups in total. The zero-order chi connectivity index (χ0) is 12.9. The molecule has 0 spiro atoms. The minimum Gasteiger partial charge on any atom is -0.481 e. The van der Waals surface area contributed by atoms with Gasteiger partial charge in [0.15, 0.2) is 0 Å². The molecule has 0 saturated heterocycles. The van der Waals surface area contributed by atoms with Crippen LogP contribution in [-0.2, 0) is 4.79 Å². The van der Waals surface area contributed by atoms with Gasteiger partial charge in [0.25, 0.3) is 0 Å². The lowest BCUT2D eigenvalue weighted by Gasteiger charge is -2.24. The first-order chi connectivity index (χ1) is 7.13. The van der Waals surface area contributed by atoms with Gasteiger partial charge in [0.1, 0.15) is 0 Å². The van der Waals surface area contributed by atoms with Gasteiger partial charge in [-0.05, 0) is 5.41 Å². The summed E-state index contributed by atoms with van der Waals surface area (Å²) in [7, 11) is 1.59.